The molecule has 61 heavy (non-hydrogen) atoms. The van der Waals surface area contributed by atoms with Gasteiger partial charge in [-0.3, -0.25) is 9.59 Å². The highest BCUT2D eigenvalue weighted by Crippen LogP contribution is 2.08. The first-order valence-electron chi connectivity index (χ1n) is 22.3. The number of hydrogen-bond donors (Lipinski definition) is 1. The van der Waals surface area contributed by atoms with Crippen molar-refractivity contribution in [2.75, 3.05) is 47.5 Å². The number of carboxylic acid groups (broad SMARTS) is 1. The van der Waals surface area contributed by atoms with Gasteiger partial charge in [0.15, 0.2) is 6.10 Å². The van der Waals surface area contributed by atoms with Crippen molar-refractivity contribution >= 4 is 17.9 Å². The summed E-state index contributed by atoms with van der Waals surface area (Å²) in [5, 5.41) is 9.63. The summed E-state index contributed by atoms with van der Waals surface area (Å²) in [7, 11) is 5.90. The molecule has 0 aliphatic rings. The van der Waals surface area contributed by atoms with Crippen molar-refractivity contribution in [2.45, 2.75) is 129 Å². The average molecular weight is 847 g/mol. The molecule has 1 N–H and O–H groups in total. The minimum atomic E-state index is -1.55. The van der Waals surface area contributed by atoms with Gasteiger partial charge in [-0.15, -0.1) is 0 Å². The molecule has 0 aliphatic heterocycles. The van der Waals surface area contributed by atoms with Crippen LogP contribution in [0.1, 0.15) is 117 Å². The van der Waals surface area contributed by atoms with Crippen LogP contribution in [0.3, 0.4) is 0 Å². The molecule has 1 unspecified atom stereocenters. The third-order valence-corrected chi connectivity index (χ3v) is 8.42. The Balaban J connectivity index is 4.69. The second kappa shape index (κ2) is 42.1. The second-order valence-electron chi connectivity index (χ2n) is 15.2. The number of allylic oxidation sites excluding steroid dienone is 22. The Bertz CT molecular complexity index is 1450. The van der Waals surface area contributed by atoms with E-state index in [1.807, 2.05) is 39.4 Å². The molecule has 0 saturated heterocycles. The molecule has 9 heteroatoms. The lowest BCUT2D eigenvalue weighted by molar-refractivity contribution is -0.870. The van der Waals surface area contributed by atoms with Gasteiger partial charge in [0.2, 0.25) is 0 Å². The predicted molar refractivity (Wildman–Crippen MR) is 253 cm³/mol. The van der Waals surface area contributed by atoms with Crippen molar-refractivity contribution < 1.29 is 42.9 Å². The van der Waals surface area contributed by atoms with E-state index >= 15 is 0 Å². The van der Waals surface area contributed by atoms with E-state index in [-0.39, 0.29) is 32.7 Å². The fourth-order valence-corrected chi connectivity index (χ4v) is 5.01. The maximum absolute atomic E-state index is 12.7. The number of aliphatic carboxylic acids is 1. The largest absolute Gasteiger partial charge is 0.477 e. The van der Waals surface area contributed by atoms with E-state index in [1.165, 1.54) is 0 Å². The van der Waals surface area contributed by atoms with Crippen LogP contribution in [0.5, 0.6) is 0 Å². The number of likely N-dealkylation sites (N-methyl/N-ethyl adjacent to an activating group) is 1. The summed E-state index contributed by atoms with van der Waals surface area (Å²) in [6.07, 6.45) is 56.8. The van der Waals surface area contributed by atoms with Crippen LogP contribution in [0, 0.1) is 0 Å². The van der Waals surface area contributed by atoms with Crippen molar-refractivity contribution in [3.05, 3.63) is 134 Å². The van der Waals surface area contributed by atoms with Crippen LogP contribution in [0.4, 0.5) is 0 Å². The molecule has 0 aromatic heterocycles. The number of nitrogens with zero attached hydrogens (tertiary/aromatic N) is 1. The lowest BCUT2D eigenvalue weighted by Gasteiger charge is -2.25. The highest BCUT2D eigenvalue weighted by Gasteiger charge is 2.25. The molecule has 0 radical (unpaired) electrons. The molecular formula is C52H80NO8+. The number of carboxylic acids is 1. The van der Waals surface area contributed by atoms with Crippen molar-refractivity contribution in [1.82, 2.24) is 0 Å². The Hall–Kier alpha value is -4.57. The summed E-state index contributed by atoms with van der Waals surface area (Å²) >= 11 is 0. The molecule has 0 bridgehead atoms. The third-order valence-electron chi connectivity index (χ3n) is 8.42. The van der Waals surface area contributed by atoms with Crippen molar-refractivity contribution in [2.24, 2.45) is 0 Å². The Morgan fingerprint density at radius 2 is 0.885 bits per heavy atom. The second-order valence-corrected chi connectivity index (χ2v) is 15.2. The minimum Gasteiger partial charge on any atom is -0.477 e. The number of esters is 2. The molecule has 0 spiro atoms. The van der Waals surface area contributed by atoms with Gasteiger partial charge in [0.05, 0.1) is 34.4 Å². The van der Waals surface area contributed by atoms with E-state index in [0.29, 0.717) is 30.3 Å². The number of quaternary nitrogens is 1. The maximum Gasteiger partial charge on any atom is 0.361 e. The average Bonchev–Trinajstić information content (AvgIpc) is 3.22. The lowest BCUT2D eigenvalue weighted by atomic mass is 10.2. The fraction of sp³-hybridized carbons (Fsp3) is 0.519. The summed E-state index contributed by atoms with van der Waals surface area (Å²) in [6, 6.07) is 0. The Kier molecular flexibility index (Phi) is 39.0. The zero-order chi connectivity index (χ0) is 44.9. The van der Waals surface area contributed by atoms with Gasteiger partial charge in [-0.25, -0.2) is 4.79 Å². The number of carbonyl (C=O) groups excluding carboxylic acids is 2. The SMILES string of the molecule is CC/C=C\C/C=C\C/C=C\C/C=C\C/C=C\C/C=C\CCC(=O)OC[C@H](COC(OCC[N+](C)(C)C)C(=O)O)OC(=O)CCC/C=C\C/C=C\C/C=C\C/C=C\C/C=C\CC. The van der Waals surface area contributed by atoms with Crippen molar-refractivity contribution in [1.29, 1.82) is 0 Å². The highest BCUT2D eigenvalue weighted by atomic mass is 16.7. The Labute approximate surface area is 369 Å². The molecule has 0 heterocycles. The van der Waals surface area contributed by atoms with Gasteiger partial charge >= 0.3 is 17.9 Å². The molecule has 0 fully saturated rings. The maximum atomic E-state index is 12.7. The van der Waals surface area contributed by atoms with E-state index in [0.717, 1.165) is 70.6 Å². The van der Waals surface area contributed by atoms with Crippen LogP contribution < -0.4 is 0 Å². The standard InChI is InChI=1S/C52H79NO8/c1-6-8-10-12-14-16-18-20-22-24-25-27-28-30-32-34-36-38-40-42-49(54)59-46-48(47-60-52(51(56)57)58-45-44-53(3,4)5)61-50(55)43-41-39-37-35-33-31-29-26-23-21-19-17-15-13-11-9-7-2/h8-11,14-17,20-23,25,27,29-32,35-38,48,52H,6-7,12-13,18-19,24,26,28,33-34,39-47H2,1-5H3/p+1/b10-8-,11-9-,16-14-,17-15-,22-20-,23-21-,27-25-,31-29-,32-30-,37-35-,38-36-/t48-,52?/m1/s1. The number of unbranched alkanes of at least 4 members (excludes halogenated alkanes) is 1. The van der Waals surface area contributed by atoms with Gasteiger partial charge in [0, 0.05) is 12.8 Å². The number of carbonyl (C=O) groups is 3. The van der Waals surface area contributed by atoms with Gasteiger partial charge in [0.1, 0.15) is 13.2 Å². The van der Waals surface area contributed by atoms with E-state index in [4.69, 9.17) is 18.9 Å². The van der Waals surface area contributed by atoms with Crippen LogP contribution in [-0.4, -0.2) is 87.4 Å². The van der Waals surface area contributed by atoms with Crippen LogP contribution in [0.2, 0.25) is 0 Å². The van der Waals surface area contributed by atoms with Crippen molar-refractivity contribution in [3.63, 3.8) is 0 Å². The number of rotatable bonds is 38. The molecule has 340 valence electrons. The van der Waals surface area contributed by atoms with E-state index in [2.05, 4.69) is 129 Å². The molecule has 9 nitrogen and oxygen atoms in total. The van der Waals surface area contributed by atoms with Gasteiger partial charge < -0.3 is 28.5 Å². The molecule has 0 aliphatic carbocycles. The minimum absolute atomic E-state index is 0.156. The molecule has 0 amide bonds. The smallest absolute Gasteiger partial charge is 0.361 e. The molecule has 2 atom stereocenters. The van der Waals surface area contributed by atoms with Crippen LogP contribution in [0.25, 0.3) is 0 Å². The van der Waals surface area contributed by atoms with Gasteiger partial charge in [-0.2, -0.15) is 0 Å². The molecular weight excluding hydrogens is 767 g/mol. The summed E-state index contributed by atoms with van der Waals surface area (Å²) in [5.41, 5.74) is 0. The number of ether oxygens (including phenoxy) is 4. The quantitative estimate of drug-likeness (QED) is 0.0215. The summed E-state index contributed by atoms with van der Waals surface area (Å²) in [5.74, 6) is -2.22. The van der Waals surface area contributed by atoms with Gasteiger partial charge in [0.25, 0.3) is 6.29 Å². The monoisotopic (exact) mass is 847 g/mol. The topological polar surface area (TPSA) is 108 Å². The molecule has 0 rings (SSSR count). The predicted octanol–water partition coefficient (Wildman–Crippen LogP) is 12.0. The van der Waals surface area contributed by atoms with Crippen LogP contribution in [0.15, 0.2) is 134 Å². The van der Waals surface area contributed by atoms with Crippen LogP contribution >= 0.6 is 0 Å². The summed E-state index contributed by atoms with van der Waals surface area (Å²) in [4.78, 5) is 37.1. The summed E-state index contributed by atoms with van der Waals surface area (Å²) < 4.78 is 22.5. The highest BCUT2D eigenvalue weighted by molar-refractivity contribution is 5.71. The van der Waals surface area contributed by atoms with Gasteiger partial charge in [-0.05, 0) is 89.9 Å². The molecule has 0 aromatic carbocycles. The zero-order valence-electron chi connectivity index (χ0n) is 38.3. The van der Waals surface area contributed by atoms with E-state index in [1.54, 1.807) is 0 Å². The molecule has 0 aromatic rings. The lowest BCUT2D eigenvalue weighted by Crippen LogP contribution is -2.40. The first-order chi connectivity index (χ1) is 29.6. The fourth-order valence-electron chi connectivity index (χ4n) is 5.01. The normalized spacial score (nSPS) is 14.2. The zero-order valence-corrected chi connectivity index (χ0v) is 38.3. The van der Waals surface area contributed by atoms with Crippen LogP contribution in [-0.2, 0) is 33.3 Å². The third kappa shape index (κ3) is 43.3. The Morgan fingerprint density at radius 3 is 1.28 bits per heavy atom. The first-order valence-corrected chi connectivity index (χ1v) is 22.3. The molecule has 0 saturated carbocycles. The summed E-state index contributed by atoms with van der Waals surface area (Å²) in [6.45, 7) is 4.44. The number of hydrogen-bond acceptors (Lipinski definition) is 7. The van der Waals surface area contributed by atoms with E-state index < -0.39 is 30.3 Å². The Morgan fingerprint density at radius 1 is 0.492 bits per heavy atom. The van der Waals surface area contributed by atoms with Gasteiger partial charge in [-0.1, -0.05) is 148 Å². The van der Waals surface area contributed by atoms with Crippen molar-refractivity contribution in [3.8, 4) is 0 Å². The first kappa shape index (κ1) is 56.4. The van der Waals surface area contributed by atoms with E-state index in [9.17, 15) is 19.5 Å².